The van der Waals surface area contributed by atoms with Gasteiger partial charge in [0.15, 0.2) is 5.69 Å². The number of imidazole rings is 1. The monoisotopic (exact) mass is 582 g/mol. The Kier molecular flexibility index (Phi) is 10.7. The Labute approximate surface area is 231 Å². The maximum atomic E-state index is 13.9. The first-order valence-electron chi connectivity index (χ1n) is 12.7. The van der Waals surface area contributed by atoms with Crippen LogP contribution in [0.5, 0.6) is 11.6 Å². The second kappa shape index (κ2) is 13.8. The number of primary amides is 1. The summed E-state index contributed by atoms with van der Waals surface area (Å²) in [4.78, 5) is 40.4. The van der Waals surface area contributed by atoms with Gasteiger partial charge >= 0.3 is 19.7 Å². The molecule has 220 valence electrons. The number of nitrogens with zero attached hydrogens (tertiary/aromatic N) is 2. The second-order valence-corrected chi connectivity index (χ2v) is 11.3. The number of nitrogens with one attached hydrogen (secondary N) is 1. The molecule has 0 spiro atoms. The van der Waals surface area contributed by atoms with Crippen LogP contribution >= 0.6 is 7.75 Å². The average Bonchev–Trinajstić information content (AvgIpc) is 3.48. The number of hydrogen-bond acceptors (Lipinski definition) is 11. The standard InChI is InChI=1S/C25H35N4O10P/c1-15(2)36-21(30)12-19(25(33)37-16(3)4)28-40(34,39-17-8-6-5-7-9-17)35-13-18-10-11-20(38-18)29-14-27-22(23(26)31)24(29)32/h5-9,14-16,18-20,32H,10-13H2,1-4H3,(H2,26,31)(H,28,34)/t18-,19-,20+,40?/m0/s1. The molecule has 1 aromatic heterocycles. The lowest BCUT2D eigenvalue weighted by atomic mass is 10.2. The highest BCUT2D eigenvalue weighted by atomic mass is 31.2. The zero-order chi connectivity index (χ0) is 29.4. The molecular formula is C25H35N4O10P. The summed E-state index contributed by atoms with van der Waals surface area (Å²) < 4.78 is 42.9. The Morgan fingerprint density at radius 3 is 2.42 bits per heavy atom. The van der Waals surface area contributed by atoms with E-state index < -0.39 is 68.5 Å². The van der Waals surface area contributed by atoms with Crippen LogP contribution in [-0.4, -0.2) is 63.5 Å². The van der Waals surface area contributed by atoms with E-state index in [1.807, 2.05) is 0 Å². The molecule has 4 atom stereocenters. The fourth-order valence-corrected chi connectivity index (χ4v) is 5.33. The number of hydrogen-bond donors (Lipinski definition) is 3. The molecule has 15 heteroatoms. The third-order valence-electron chi connectivity index (χ3n) is 5.48. The SMILES string of the molecule is CC(C)OC(=O)C[C@H](NP(=O)(OC[C@@H]1CC[C@H](n2cnc(C(N)=O)c2O)O1)Oc1ccccc1)C(=O)OC(C)C. The van der Waals surface area contributed by atoms with E-state index in [1.165, 1.54) is 10.9 Å². The van der Waals surface area contributed by atoms with Crippen molar-refractivity contribution in [1.82, 2.24) is 14.6 Å². The van der Waals surface area contributed by atoms with E-state index in [0.29, 0.717) is 12.8 Å². The van der Waals surface area contributed by atoms with Crippen LogP contribution in [0.4, 0.5) is 0 Å². The normalized spacial score (nSPS) is 19.2. The van der Waals surface area contributed by atoms with Gasteiger partial charge in [-0.15, -0.1) is 0 Å². The van der Waals surface area contributed by atoms with E-state index >= 15 is 0 Å². The minimum atomic E-state index is -4.32. The van der Waals surface area contributed by atoms with Crippen LogP contribution in [-0.2, 0) is 32.9 Å². The summed E-state index contributed by atoms with van der Waals surface area (Å²) in [5.74, 6) is -2.68. The van der Waals surface area contributed by atoms with Gasteiger partial charge in [0.1, 0.15) is 24.3 Å². The highest BCUT2D eigenvalue weighted by Gasteiger charge is 2.38. The van der Waals surface area contributed by atoms with Gasteiger partial charge in [-0.05, 0) is 52.7 Å². The molecule has 4 N–H and O–H groups in total. The van der Waals surface area contributed by atoms with Crippen LogP contribution < -0.4 is 15.3 Å². The number of aromatic hydroxyl groups is 1. The fraction of sp³-hybridized carbons (Fsp3) is 0.520. The van der Waals surface area contributed by atoms with Crippen molar-refractivity contribution in [2.45, 2.75) is 77.5 Å². The first-order chi connectivity index (χ1) is 18.9. The molecule has 1 unspecified atom stereocenters. The van der Waals surface area contributed by atoms with Crippen LogP contribution in [0.25, 0.3) is 0 Å². The number of amides is 1. The van der Waals surface area contributed by atoms with Gasteiger partial charge in [-0.1, -0.05) is 18.2 Å². The molecule has 14 nitrogen and oxygen atoms in total. The largest absolute Gasteiger partial charge is 0.493 e. The molecule has 2 aromatic rings. The maximum Gasteiger partial charge on any atom is 0.459 e. The Balaban J connectivity index is 1.76. The number of nitrogens with two attached hydrogens (primary N) is 1. The zero-order valence-corrected chi connectivity index (χ0v) is 23.6. The summed E-state index contributed by atoms with van der Waals surface area (Å²) in [6, 6.07) is 6.74. The van der Waals surface area contributed by atoms with Gasteiger partial charge in [0.25, 0.3) is 5.91 Å². The van der Waals surface area contributed by atoms with Crippen molar-refractivity contribution in [3.05, 3.63) is 42.4 Å². The van der Waals surface area contributed by atoms with Gasteiger partial charge in [0, 0.05) is 0 Å². The molecule has 1 aromatic carbocycles. The van der Waals surface area contributed by atoms with Crippen molar-refractivity contribution < 1.29 is 47.3 Å². The van der Waals surface area contributed by atoms with Crippen LogP contribution in [0.1, 0.15) is 63.7 Å². The molecule has 1 aliphatic heterocycles. The summed E-state index contributed by atoms with van der Waals surface area (Å²) in [6.45, 7) is 6.35. The molecule has 1 aliphatic rings. The first-order valence-corrected chi connectivity index (χ1v) is 14.3. The Morgan fingerprint density at radius 1 is 1.15 bits per heavy atom. The number of carbonyl (C=O) groups is 3. The molecular weight excluding hydrogens is 547 g/mol. The quantitative estimate of drug-likeness (QED) is 0.218. The fourth-order valence-electron chi connectivity index (χ4n) is 3.81. The van der Waals surface area contributed by atoms with E-state index in [-0.39, 0.29) is 18.1 Å². The number of para-hydroxylation sites is 1. The summed E-state index contributed by atoms with van der Waals surface area (Å²) in [7, 11) is -4.32. The third-order valence-corrected chi connectivity index (χ3v) is 7.05. The van der Waals surface area contributed by atoms with Gasteiger partial charge in [0.05, 0.1) is 31.3 Å². The lowest BCUT2D eigenvalue weighted by molar-refractivity contribution is -0.156. The van der Waals surface area contributed by atoms with Gasteiger partial charge in [-0.25, -0.2) is 9.55 Å². The lowest BCUT2D eigenvalue weighted by Crippen LogP contribution is -2.41. The number of esters is 2. The first kappa shape index (κ1) is 31.1. The molecule has 3 rings (SSSR count). The summed E-state index contributed by atoms with van der Waals surface area (Å²) in [5.41, 5.74) is 4.92. The number of aromatic nitrogens is 2. The van der Waals surface area contributed by atoms with Crippen molar-refractivity contribution >= 4 is 25.6 Å². The third kappa shape index (κ3) is 8.78. The summed E-state index contributed by atoms with van der Waals surface area (Å²) in [5, 5.41) is 12.8. The molecule has 2 heterocycles. The minimum absolute atomic E-state index is 0.187. The molecule has 0 saturated carbocycles. The molecule has 0 radical (unpaired) electrons. The second-order valence-electron chi connectivity index (χ2n) is 9.59. The summed E-state index contributed by atoms with van der Waals surface area (Å²) >= 11 is 0. The summed E-state index contributed by atoms with van der Waals surface area (Å²) in [6.07, 6.45) is -0.640. The van der Waals surface area contributed by atoms with Crippen LogP contribution in [0.2, 0.25) is 0 Å². The van der Waals surface area contributed by atoms with Gasteiger partial charge in [0.2, 0.25) is 5.88 Å². The van der Waals surface area contributed by atoms with Crippen molar-refractivity contribution in [1.29, 1.82) is 0 Å². The molecule has 1 saturated heterocycles. The van der Waals surface area contributed by atoms with E-state index in [4.69, 9.17) is 29.0 Å². The van der Waals surface area contributed by atoms with Gasteiger partial charge in [-0.2, -0.15) is 5.09 Å². The molecule has 40 heavy (non-hydrogen) atoms. The van der Waals surface area contributed by atoms with E-state index in [9.17, 15) is 24.1 Å². The average molecular weight is 583 g/mol. The van der Waals surface area contributed by atoms with Crippen molar-refractivity contribution in [3.8, 4) is 11.6 Å². The molecule has 1 amide bonds. The number of ether oxygens (including phenoxy) is 3. The predicted molar refractivity (Wildman–Crippen MR) is 140 cm³/mol. The number of carbonyl (C=O) groups excluding carboxylic acids is 3. The van der Waals surface area contributed by atoms with E-state index in [1.54, 1.807) is 58.0 Å². The maximum absolute atomic E-state index is 13.9. The van der Waals surface area contributed by atoms with Crippen LogP contribution in [0.15, 0.2) is 36.7 Å². The molecule has 1 fully saturated rings. The van der Waals surface area contributed by atoms with Crippen molar-refractivity contribution in [3.63, 3.8) is 0 Å². The smallest absolute Gasteiger partial charge is 0.459 e. The Hall–Kier alpha value is -3.45. The van der Waals surface area contributed by atoms with Crippen molar-refractivity contribution in [2.75, 3.05) is 6.61 Å². The van der Waals surface area contributed by atoms with Gasteiger partial charge in [-0.3, -0.25) is 23.5 Å². The predicted octanol–water partition coefficient (Wildman–Crippen LogP) is 2.82. The van der Waals surface area contributed by atoms with Crippen molar-refractivity contribution in [2.24, 2.45) is 5.73 Å². The van der Waals surface area contributed by atoms with Crippen LogP contribution in [0, 0.1) is 0 Å². The number of benzene rings is 1. The zero-order valence-electron chi connectivity index (χ0n) is 22.7. The molecule has 0 aliphatic carbocycles. The highest BCUT2D eigenvalue weighted by Crippen LogP contribution is 2.46. The Bertz CT molecular complexity index is 1220. The topological polar surface area (TPSA) is 191 Å². The van der Waals surface area contributed by atoms with Gasteiger partial charge < -0.3 is 29.6 Å². The van der Waals surface area contributed by atoms with E-state index in [0.717, 1.165) is 0 Å². The van der Waals surface area contributed by atoms with E-state index in [2.05, 4.69) is 10.1 Å². The molecule has 0 bridgehead atoms. The van der Waals surface area contributed by atoms with Crippen LogP contribution in [0.3, 0.4) is 0 Å². The Morgan fingerprint density at radius 2 is 1.82 bits per heavy atom. The minimum Gasteiger partial charge on any atom is -0.493 e. The lowest BCUT2D eigenvalue weighted by Gasteiger charge is -2.26. The number of rotatable bonds is 14. The highest BCUT2D eigenvalue weighted by molar-refractivity contribution is 7.52.